The van der Waals surface area contributed by atoms with Crippen molar-refractivity contribution < 1.29 is 9.21 Å². The highest BCUT2D eigenvalue weighted by Crippen LogP contribution is 2.30. The third-order valence-electron chi connectivity index (χ3n) is 5.09. The maximum absolute atomic E-state index is 12.4. The highest BCUT2D eigenvalue weighted by Gasteiger charge is 2.13. The van der Waals surface area contributed by atoms with Crippen LogP contribution in [0.5, 0.6) is 0 Å². The van der Waals surface area contributed by atoms with E-state index in [1.54, 1.807) is 12.1 Å². The third-order valence-corrected chi connectivity index (χ3v) is 5.30. The van der Waals surface area contributed by atoms with E-state index in [2.05, 4.69) is 21.7 Å². The van der Waals surface area contributed by atoms with Gasteiger partial charge in [0.25, 0.3) is 5.91 Å². The predicted octanol–water partition coefficient (Wildman–Crippen LogP) is 5.86. The molecule has 0 saturated heterocycles. The molecule has 4 aromatic rings. The van der Waals surface area contributed by atoms with Crippen LogP contribution in [0, 0.1) is 27.7 Å². The maximum atomic E-state index is 12.4. The lowest BCUT2D eigenvalue weighted by atomic mass is 10.1. The minimum atomic E-state index is -0.254. The maximum Gasteiger partial charge on any atom is 0.257 e. The minimum Gasteiger partial charge on any atom is -0.436 e. The van der Waals surface area contributed by atoms with Crippen molar-refractivity contribution in [1.29, 1.82) is 0 Å². The van der Waals surface area contributed by atoms with E-state index in [0.29, 0.717) is 11.5 Å². The molecule has 0 atom stereocenters. The lowest BCUT2D eigenvalue weighted by Gasteiger charge is -2.12. The number of fused-ring (bicyclic) bond motifs is 1. The summed E-state index contributed by atoms with van der Waals surface area (Å²) in [5.74, 6) is 0.289. The number of aryl methyl sites for hydroxylation is 4. The van der Waals surface area contributed by atoms with Crippen molar-refractivity contribution in [3.05, 3.63) is 82.4 Å². The fraction of sp³-hybridized carbons (Fsp3) is 0.160. The summed E-state index contributed by atoms with van der Waals surface area (Å²) < 4.78 is 6.03. The normalized spacial score (nSPS) is 10.8. The summed E-state index contributed by atoms with van der Waals surface area (Å²) in [4.78, 5) is 17.1. The van der Waals surface area contributed by atoms with E-state index in [1.807, 2.05) is 64.1 Å². The van der Waals surface area contributed by atoms with Crippen LogP contribution < -0.4 is 10.6 Å². The summed E-state index contributed by atoms with van der Waals surface area (Å²) in [6, 6.07) is 17.3. The highest BCUT2D eigenvalue weighted by atomic mass is 32.1. The molecule has 1 aromatic heterocycles. The SMILES string of the molecule is Cc1ccc(C(=O)NC(=S)Nc2cc(-c3nc4cc(C)cc(C)c4o3)ccc2C)cc1. The average molecular weight is 430 g/mol. The Morgan fingerprint density at radius 1 is 0.903 bits per heavy atom. The van der Waals surface area contributed by atoms with Crippen molar-refractivity contribution in [3.63, 3.8) is 0 Å². The number of carbonyl (C=O) groups is 1. The van der Waals surface area contributed by atoms with Gasteiger partial charge in [0.2, 0.25) is 5.89 Å². The second-order valence-electron chi connectivity index (χ2n) is 7.75. The van der Waals surface area contributed by atoms with Gasteiger partial charge in [0.1, 0.15) is 5.52 Å². The topological polar surface area (TPSA) is 67.2 Å². The number of rotatable bonds is 3. The van der Waals surface area contributed by atoms with Gasteiger partial charge < -0.3 is 9.73 Å². The Labute approximate surface area is 186 Å². The Kier molecular flexibility index (Phi) is 5.57. The standard InChI is InChI=1S/C25H23N3O2S/c1-14-5-8-18(9-6-14)23(29)28-25(31)27-20-13-19(10-7-16(20)3)24-26-21-12-15(2)11-17(4)22(21)30-24/h5-13H,1-4H3,(H2,27,28,29,31). The largest absolute Gasteiger partial charge is 0.436 e. The minimum absolute atomic E-state index is 0.231. The first-order chi connectivity index (χ1) is 14.8. The van der Waals surface area contributed by atoms with E-state index in [4.69, 9.17) is 16.6 Å². The number of nitrogens with one attached hydrogen (secondary N) is 2. The van der Waals surface area contributed by atoms with E-state index < -0.39 is 0 Å². The van der Waals surface area contributed by atoms with Gasteiger partial charge in [-0.3, -0.25) is 10.1 Å². The number of nitrogens with zero attached hydrogens (tertiary/aromatic N) is 1. The van der Waals surface area contributed by atoms with Crippen molar-refractivity contribution in [1.82, 2.24) is 10.3 Å². The summed E-state index contributed by atoms with van der Waals surface area (Å²) in [6.07, 6.45) is 0. The van der Waals surface area contributed by atoms with Crippen molar-refractivity contribution in [3.8, 4) is 11.5 Å². The van der Waals surface area contributed by atoms with Crippen LogP contribution >= 0.6 is 12.2 Å². The molecule has 0 bridgehead atoms. The van der Waals surface area contributed by atoms with Crippen LogP contribution in [0.15, 0.2) is 59.0 Å². The number of hydrogen-bond donors (Lipinski definition) is 2. The number of hydrogen-bond acceptors (Lipinski definition) is 4. The molecule has 3 aromatic carbocycles. The molecule has 0 aliphatic carbocycles. The second-order valence-corrected chi connectivity index (χ2v) is 8.16. The summed E-state index contributed by atoms with van der Waals surface area (Å²) in [5.41, 5.74) is 8.06. The van der Waals surface area contributed by atoms with Crippen molar-refractivity contribution in [2.24, 2.45) is 0 Å². The van der Waals surface area contributed by atoms with Gasteiger partial charge in [-0.05, 0) is 86.9 Å². The summed E-state index contributed by atoms with van der Waals surface area (Å²) in [5, 5.41) is 6.08. The van der Waals surface area contributed by atoms with Gasteiger partial charge in [-0.1, -0.05) is 29.8 Å². The van der Waals surface area contributed by atoms with E-state index in [9.17, 15) is 4.79 Å². The quantitative estimate of drug-likeness (QED) is 0.400. The van der Waals surface area contributed by atoms with E-state index in [1.165, 1.54) is 0 Å². The van der Waals surface area contributed by atoms with E-state index >= 15 is 0 Å². The van der Waals surface area contributed by atoms with Crippen LogP contribution in [0.4, 0.5) is 5.69 Å². The third kappa shape index (κ3) is 4.49. The lowest BCUT2D eigenvalue weighted by Crippen LogP contribution is -2.34. The first-order valence-corrected chi connectivity index (χ1v) is 10.4. The lowest BCUT2D eigenvalue weighted by molar-refractivity contribution is 0.0977. The van der Waals surface area contributed by atoms with E-state index in [0.717, 1.165) is 44.6 Å². The molecular formula is C25H23N3O2S. The number of aromatic nitrogens is 1. The predicted molar refractivity (Wildman–Crippen MR) is 129 cm³/mol. The first kappa shape index (κ1) is 20.8. The Bertz CT molecular complexity index is 1310. The fourth-order valence-electron chi connectivity index (χ4n) is 3.42. The first-order valence-electron chi connectivity index (χ1n) is 9.98. The molecule has 2 N–H and O–H groups in total. The monoisotopic (exact) mass is 429 g/mol. The Hall–Kier alpha value is -3.51. The van der Waals surface area contributed by atoms with Crippen molar-refractivity contribution >= 4 is 40.0 Å². The summed E-state index contributed by atoms with van der Waals surface area (Å²) >= 11 is 5.36. The molecule has 0 unspecified atom stereocenters. The van der Waals surface area contributed by atoms with Gasteiger partial charge in [-0.25, -0.2) is 4.98 Å². The molecule has 5 nitrogen and oxygen atoms in total. The van der Waals surface area contributed by atoms with Crippen LogP contribution in [0.1, 0.15) is 32.6 Å². The zero-order valence-corrected chi connectivity index (χ0v) is 18.7. The van der Waals surface area contributed by atoms with Gasteiger partial charge >= 0.3 is 0 Å². The number of carbonyl (C=O) groups excluding carboxylic acids is 1. The average Bonchev–Trinajstić information content (AvgIpc) is 3.14. The smallest absolute Gasteiger partial charge is 0.257 e. The van der Waals surface area contributed by atoms with Crippen molar-refractivity contribution in [2.45, 2.75) is 27.7 Å². The molecule has 1 amide bonds. The summed E-state index contributed by atoms with van der Waals surface area (Å²) in [6.45, 7) is 8.00. The van der Waals surface area contributed by atoms with Gasteiger partial charge in [-0.2, -0.15) is 0 Å². The van der Waals surface area contributed by atoms with E-state index in [-0.39, 0.29) is 11.0 Å². The molecular weight excluding hydrogens is 406 g/mol. The number of thiocarbonyl (C=S) groups is 1. The second kappa shape index (κ2) is 8.32. The fourth-order valence-corrected chi connectivity index (χ4v) is 3.63. The highest BCUT2D eigenvalue weighted by molar-refractivity contribution is 7.80. The van der Waals surface area contributed by atoms with Gasteiger partial charge in [0.05, 0.1) is 0 Å². The zero-order valence-electron chi connectivity index (χ0n) is 17.9. The van der Waals surface area contributed by atoms with Gasteiger partial charge in [0, 0.05) is 16.8 Å². The number of benzene rings is 3. The van der Waals surface area contributed by atoms with Gasteiger partial charge in [0.15, 0.2) is 10.7 Å². The van der Waals surface area contributed by atoms with Crippen LogP contribution in [0.2, 0.25) is 0 Å². The van der Waals surface area contributed by atoms with Crippen LogP contribution in [-0.2, 0) is 0 Å². The molecule has 31 heavy (non-hydrogen) atoms. The molecule has 4 rings (SSSR count). The van der Waals surface area contributed by atoms with Crippen LogP contribution in [0.3, 0.4) is 0 Å². The molecule has 6 heteroatoms. The molecule has 156 valence electrons. The van der Waals surface area contributed by atoms with Crippen molar-refractivity contribution in [2.75, 3.05) is 5.32 Å². The molecule has 0 saturated carbocycles. The Morgan fingerprint density at radius 3 is 2.39 bits per heavy atom. The number of anilines is 1. The van der Waals surface area contributed by atoms with Gasteiger partial charge in [-0.15, -0.1) is 0 Å². The summed E-state index contributed by atoms with van der Waals surface area (Å²) in [7, 11) is 0. The molecule has 0 spiro atoms. The molecule has 0 fully saturated rings. The number of amides is 1. The Balaban J connectivity index is 1.55. The van der Waals surface area contributed by atoms with Crippen LogP contribution in [-0.4, -0.2) is 16.0 Å². The Morgan fingerprint density at radius 2 is 1.65 bits per heavy atom. The van der Waals surface area contributed by atoms with Crippen LogP contribution in [0.25, 0.3) is 22.6 Å². The zero-order chi connectivity index (χ0) is 22.1. The molecule has 0 aliphatic heterocycles. The molecule has 0 aliphatic rings. The number of oxazole rings is 1. The molecule has 1 heterocycles. The molecule has 0 radical (unpaired) electrons.